The van der Waals surface area contributed by atoms with Crippen LogP contribution in [-0.2, 0) is 6.54 Å². The molecule has 3 aromatic rings. The molecule has 0 aliphatic heterocycles. The molecule has 0 atom stereocenters. The smallest absolute Gasteiger partial charge is 0.160 e. The Bertz CT molecular complexity index is 745. The number of nitrogens with two attached hydrogens (primary N) is 1. The lowest BCUT2D eigenvalue weighted by Crippen LogP contribution is -2.09. The first-order valence-corrected chi connectivity index (χ1v) is 6.18. The van der Waals surface area contributed by atoms with E-state index in [1.54, 1.807) is 4.68 Å². The maximum Gasteiger partial charge on any atom is 0.160 e. The minimum absolute atomic E-state index is 0.422. The summed E-state index contributed by atoms with van der Waals surface area (Å²) in [4.78, 5) is 8.98. The van der Waals surface area contributed by atoms with Gasteiger partial charge in [-0.1, -0.05) is 18.2 Å². The quantitative estimate of drug-likeness (QED) is 0.757. The van der Waals surface area contributed by atoms with Gasteiger partial charge in [0.05, 0.1) is 5.52 Å². The number of fused-ring (bicyclic) bond motifs is 1. The third-order valence-electron chi connectivity index (χ3n) is 3.08. The van der Waals surface area contributed by atoms with Gasteiger partial charge in [-0.25, -0.2) is 9.97 Å². The minimum atomic E-state index is 0.422. The summed E-state index contributed by atoms with van der Waals surface area (Å²) in [5, 5.41) is 5.47. The molecule has 2 aromatic heterocycles. The highest BCUT2D eigenvalue weighted by Gasteiger charge is 2.12. The fraction of sp³-hybridized carbons (Fsp3) is 0.214. The molecule has 19 heavy (non-hydrogen) atoms. The number of pyridine rings is 1. The van der Waals surface area contributed by atoms with E-state index in [0.717, 1.165) is 33.9 Å². The molecule has 1 aromatic carbocycles. The Kier molecular flexibility index (Phi) is 2.76. The molecule has 0 saturated carbocycles. The van der Waals surface area contributed by atoms with Gasteiger partial charge in [-0.05, 0) is 26.0 Å². The fourth-order valence-corrected chi connectivity index (χ4v) is 2.20. The van der Waals surface area contributed by atoms with Gasteiger partial charge in [-0.15, -0.1) is 5.10 Å². The van der Waals surface area contributed by atoms with Crippen LogP contribution < -0.4 is 5.73 Å². The van der Waals surface area contributed by atoms with E-state index in [1.165, 1.54) is 0 Å². The van der Waals surface area contributed by atoms with Crippen LogP contribution in [0.3, 0.4) is 0 Å². The molecule has 5 nitrogen and oxygen atoms in total. The molecular formula is C14H15N5. The Hall–Kier alpha value is -2.27. The molecular weight excluding hydrogens is 238 g/mol. The SMILES string of the molecule is Cc1nc(C)n(-c2nc3ccccc3cc2CN)n1. The van der Waals surface area contributed by atoms with Crippen molar-refractivity contribution in [2.45, 2.75) is 20.4 Å². The Balaban J connectivity index is 2.30. The van der Waals surface area contributed by atoms with Crippen LogP contribution >= 0.6 is 0 Å². The number of benzene rings is 1. The van der Waals surface area contributed by atoms with Gasteiger partial charge in [0, 0.05) is 17.5 Å². The summed E-state index contributed by atoms with van der Waals surface area (Å²) in [6.07, 6.45) is 0. The summed E-state index contributed by atoms with van der Waals surface area (Å²) in [6, 6.07) is 10.0. The van der Waals surface area contributed by atoms with Gasteiger partial charge in [-0.3, -0.25) is 0 Å². The molecule has 3 rings (SSSR count). The molecule has 0 aliphatic carbocycles. The van der Waals surface area contributed by atoms with Gasteiger partial charge >= 0.3 is 0 Å². The molecule has 0 unspecified atom stereocenters. The predicted molar refractivity (Wildman–Crippen MR) is 74.0 cm³/mol. The molecule has 0 radical (unpaired) electrons. The first-order valence-electron chi connectivity index (χ1n) is 6.18. The molecule has 0 bridgehead atoms. The van der Waals surface area contributed by atoms with Crippen molar-refractivity contribution in [2.75, 3.05) is 0 Å². The van der Waals surface area contributed by atoms with Crippen LogP contribution in [0.1, 0.15) is 17.2 Å². The maximum absolute atomic E-state index is 5.83. The van der Waals surface area contributed by atoms with Gasteiger partial charge < -0.3 is 5.73 Å². The van der Waals surface area contributed by atoms with Crippen LogP contribution in [0, 0.1) is 13.8 Å². The third-order valence-corrected chi connectivity index (χ3v) is 3.08. The number of hydrogen-bond donors (Lipinski definition) is 1. The molecule has 96 valence electrons. The van der Waals surface area contributed by atoms with E-state index in [1.807, 2.05) is 38.1 Å². The van der Waals surface area contributed by atoms with Gasteiger partial charge in [-0.2, -0.15) is 4.68 Å². The van der Waals surface area contributed by atoms with Gasteiger partial charge in [0.1, 0.15) is 11.6 Å². The van der Waals surface area contributed by atoms with Gasteiger partial charge in [0.2, 0.25) is 0 Å². The predicted octanol–water partition coefficient (Wildman–Crippen LogP) is 1.89. The molecule has 0 spiro atoms. The standard InChI is InChI=1S/C14H15N5/c1-9-16-10(2)19(18-9)14-12(8-15)7-11-5-3-4-6-13(11)17-14/h3-7H,8,15H2,1-2H3. The lowest BCUT2D eigenvalue weighted by atomic mass is 10.1. The zero-order valence-electron chi connectivity index (χ0n) is 11.0. The second-order valence-corrected chi connectivity index (χ2v) is 4.49. The van der Waals surface area contributed by atoms with Crippen LogP contribution in [0.15, 0.2) is 30.3 Å². The maximum atomic E-state index is 5.83. The number of hydrogen-bond acceptors (Lipinski definition) is 4. The minimum Gasteiger partial charge on any atom is -0.326 e. The first kappa shape index (κ1) is 11.8. The molecule has 0 saturated heterocycles. The van der Waals surface area contributed by atoms with E-state index in [0.29, 0.717) is 6.54 Å². The Labute approximate surface area is 111 Å². The van der Waals surface area contributed by atoms with Gasteiger partial charge in [0.25, 0.3) is 0 Å². The lowest BCUT2D eigenvalue weighted by Gasteiger charge is -2.09. The number of para-hydroxylation sites is 1. The monoisotopic (exact) mass is 253 g/mol. The number of nitrogens with zero attached hydrogens (tertiary/aromatic N) is 4. The Morgan fingerprint density at radius 1 is 1.16 bits per heavy atom. The van der Waals surface area contributed by atoms with E-state index in [9.17, 15) is 0 Å². The number of rotatable bonds is 2. The second kappa shape index (κ2) is 4.44. The van der Waals surface area contributed by atoms with Crippen molar-refractivity contribution in [3.63, 3.8) is 0 Å². The summed E-state index contributed by atoms with van der Waals surface area (Å²) >= 11 is 0. The summed E-state index contributed by atoms with van der Waals surface area (Å²) in [5.41, 5.74) is 7.73. The summed E-state index contributed by atoms with van der Waals surface area (Å²) < 4.78 is 1.75. The van der Waals surface area contributed by atoms with Crippen molar-refractivity contribution >= 4 is 10.9 Å². The Morgan fingerprint density at radius 3 is 2.63 bits per heavy atom. The molecule has 0 fully saturated rings. The van der Waals surface area contributed by atoms with E-state index in [4.69, 9.17) is 5.73 Å². The van der Waals surface area contributed by atoms with Crippen LogP contribution in [0.5, 0.6) is 0 Å². The van der Waals surface area contributed by atoms with Crippen LogP contribution in [0.2, 0.25) is 0 Å². The lowest BCUT2D eigenvalue weighted by molar-refractivity contribution is 0.791. The molecule has 2 heterocycles. The second-order valence-electron chi connectivity index (χ2n) is 4.49. The average Bonchev–Trinajstić information content (AvgIpc) is 2.76. The molecule has 0 aliphatic rings. The highest BCUT2D eigenvalue weighted by atomic mass is 15.4. The highest BCUT2D eigenvalue weighted by molar-refractivity contribution is 5.80. The molecule has 5 heteroatoms. The van der Waals surface area contributed by atoms with Crippen molar-refractivity contribution < 1.29 is 0 Å². The average molecular weight is 253 g/mol. The topological polar surface area (TPSA) is 69.6 Å². The van der Waals surface area contributed by atoms with Crippen LogP contribution in [0.4, 0.5) is 0 Å². The van der Waals surface area contributed by atoms with Crippen molar-refractivity contribution in [1.29, 1.82) is 0 Å². The van der Waals surface area contributed by atoms with E-state index < -0.39 is 0 Å². The zero-order chi connectivity index (χ0) is 13.4. The van der Waals surface area contributed by atoms with Crippen molar-refractivity contribution in [1.82, 2.24) is 19.7 Å². The molecule has 2 N–H and O–H groups in total. The molecule has 0 amide bonds. The summed E-state index contributed by atoms with van der Waals surface area (Å²) in [5.74, 6) is 2.31. The van der Waals surface area contributed by atoms with E-state index in [2.05, 4.69) is 21.1 Å². The van der Waals surface area contributed by atoms with E-state index in [-0.39, 0.29) is 0 Å². The first-order chi connectivity index (χ1) is 9.19. The third kappa shape index (κ3) is 1.98. The van der Waals surface area contributed by atoms with Gasteiger partial charge in [0.15, 0.2) is 5.82 Å². The van der Waals surface area contributed by atoms with E-state index >= 15 is 0 Å². The van der Waals surface area contributed by atoms with Crippen molar-refractivity contribution in [3.8, 4) is 5.82 Å². The van der Waals surface area contributed by atoms with Crippen LogP contribution in [-0.4, -0.2) is 19.7 Å². The summed E-state index contributed by atoms with van der Waals surface area (Å²) in [6.45, 7) is 4.20. The Morgan fingerprint density at radius 2 is 1.95 bits per heavy atom. The van der Waals surface area contributed by atoms with Crippen molar-refractivity contribution in [2.24, 2.45) is 5.73 Å². The zero-order valence-corrected chi connectivity index (χ0v) is 11.0. The normalized spacial score (nSPS) is 11.1. The fourth-order valence-electron chi connectivity index (χ4n) is 2.20. The highest BCUT2D eigenvalue weighted by Crippen LogP contribution is 2.19. The number of aromatic nitrogens is 4. The summed E-state index contributed by atoms with van der Waals surface area (Å²) in [7, 11) is 0. The van der Waals surface area contributed by atoms with Crippen molar-refractivity contribution in [3.05, 3.63) is 47.5 Å². The number of aryl methyl sites for hydroxylation is 2. The van der Waals surface area contributed by atoms with Crippen LogP contribution in [0.25, 0.3) is 16.7 Å². The largest absolute Gasteiger partial charge is 0.326 e.